The molecule has 0 saturated carbocycles. The summed E-state index contributed by atoms with van der Waals surface area (Å²) in [5.41, 5.74) is 0. The second-order valence-corrected chi connectivity index (χ2v) is 6.49. The molecule has 0 aromatic heterocycles. The smallest absolute Gasteiger partial charge is 0.390 e. The van der Waals surface area contributed by atoms with Crippen molar-refractivity contribution < 1.29 is 28.2 Å². The summed E-state index contributed by atoms with van der Waals surface area (Å²) < 4.78 is 33.4. The van der Waals surface area contributed by atoms with Crippen LogP contribution in [0.1, 0.15) is 41.0 Å². The minimum atomic E-state index is -2.28. The van der Waals surface area contributed by atoms with Gasteiger partial charge in [-0.25, -0.2) is 0 Å². The third-order valence-electron chi connectivity index (χ3n) is 2.82. The van der Waals surface area contributed by atoms with Crippen LogP contribution in [0.15, 0.2) is 0 Å². The minimum absolute atomic E-state index is 0.0503. The summed E-state index contributed by atoms with van der Waals surface area (Å²) in [5.74, 6) is 0. The average Bonchev–Trinajstić information content (AvgIpc) is 2.29. The van der Waals surface area contributed by atoms with Crippen molar-refractivity contribution in [3.8, 4) is 0 Å². The monoisotopic (exact) mass is 309 g/mol. The fourth-order valence-electron chi connectivity index (χ4n) is 2.01. The molecule has 0 bridgehead atoms. The van der Waals surface area contributed by atoms with Crippen molar-refractivity contribution in [2.75, 3.05) is 6.61 Å². The molecule has 1 N–H and O–H groups in total. The highest BCUT2D eigenvalue weighted by Gasteiger charge is 2.44. The summed E-state index contributed by atoms with van der Waals surface area (Å²) in [7, 11) is -2.28. The molecule has 0 spiro atoms. The van der Waals surface area contributed by atoms with Crippen LogP contribution in [0.4, 0.5) is 0 Å². The second kappa shape index (κ2) is 8.37. The van der Waals surface area contributed by atoms with Gasteiger partial charge >= 0.3 is 8.25 Å². The lowest BCUT2D eigenvalue weighted by Gasteiger charge is -2.35. The Morgan fingerprint density at radius 3 is 2.50 bits per heavy atom. The van der Waals surface area contributed by atoms with Gasteiger partial charge in [-0.1, -0.05) is 0 Å². The van der Waals surface area contributed by atoms with Gasteiger partial charge in [0, 0.05) is 11.0 Å². The molecule has 5 unspecified atom stereocenters. The van der Waals surface area contributed by atoms with Gasteiger partial charge in [0.2, 0.25) is 0 Å². The topological polar surface area (TPSA) is 74.2 Å². The van der Waals surface area contributed by atoms with Crippen LogP contribution in [0, 0.1) is 0 Å². The predicted octanol–water partition coefficient (Wildman–Crippen LogP) is 2.42. The van der Waals surface area contributed by atoms with Crippen molar-refractivity contribution in [1.29, 1.82) is 0 Å². The molecule has 5 atom stereocenters. The van der Waals surface area contributed by atoms with E-state index < -0.39 is 26.6 Å². The highest BCUT2D eigenvalue weighted by atomic mass is 31.1. The Kier molecular flexibility index (Phi) is 7.51. The fourth-order valence-corrected chi connectivity index (χ4v) is 2.88. The molecular formula is C13H26O6P+. The van der Waals surface area contributed by atoms with Crippen molar-refractivity contribution in [2.24, 2.45) is 0 Å². The van der Waals surface area contributed by atoms with E-state index in [1.807, 2.05) is 20.8 Å². The molecule has 6 nitrogen and oxygen atoms in total. The standard InChI is InChI=1S/C13H26O6P/c1-8(2)16-7-12-13(11(14)6-10(5)17-12)19-20(15)18-9(3)4/h8-14H,6-7H2,1-5H3/q+1. The van der Waals surface area contributed by atoms with Gasteiger partial charge in [0.15, 0.2) is 6.10 Å². The average molecular weight is 309 g/mol. The Hall–Kier alpha value is -0.100. The van der Waals surface area contributed by atoms with E-state index >= 15 is 0 Å². The first-order valence-electron chi connectivity index (χ1n) is 7.05. The quantitative estimate of drug-likeness (QED) is 0.728. The van der Waals surface area contributed by atoms with Crippen LogP contribution in [0.5, 0.6) is 0 Å². The van der Waals surface area contributed by atoms with E-state index in [-0.39, 0.29) is 24.9 Å². The van der Waals surface area contributed by atoms with Crippen molar-refractivity contribution in [3.63, 3.8) is 0 Å². The summed E-state index contributed by atoms with van der Waals surface area (Å²) in [6, 6.07) is 0. The van der Waals surface area contributed by atoms with Gasteiger partial charge in [-0.05, 0) is 34.6 Å². The molecule has 118 valence electrons. The molecule has 1 rings (SSSR count). The summed E-state index contributed by atoms with van der Waals surface area (Å²) in [6.45, 7) is 9.54. The molecule has 0 aromatic carbocycles. The second-order valence-electron chi connectivity index (χ2n) is 5.62. The lowest BCUT2D eigenvalue weighted by atomic mass is 9.99. The molecule has 0 amide bonds. The highest BCUT2D eigenvalue weighted by molar-refractivity contribution is 7.33. The summed E-state index contributed by atoms with van der Waals surface area (Å²) in [4.78, 5) is 0. The van der Waals surface area contributed by atoms with Crippen molar-refractivity contribution in [2.45, 2.75) is 77.7 Å². The Labute approximate surface area is 121 Å². The van der Waals surface area contributed by atoms with Gasteiger partial charge in [0.05, 0.1) is 24.9 Å². The van der Waals surface area contributed by atoms with Gasteiger partial charge < -0.3 is 14.6 Å². The molecule has 7 heteroatoms. The normalized spacial score (nSPS) is 31.9. The van der Waals surface area contributed by atoms with Crippen LogP contribution < -0.4 is 0 Å². The summed E-state index contributed by atoms with van der Waals surface area (Å²) in [5, 5.41) is 10.1. The third-order valence-corrected chi connectivity index (χ3v) is 3.83. The molecule has 0 radical (unpaired) electrons. The van der Waals surface area contributed by atoms with E-state index in [0.29, 0.717) is 6.42 Å². The Morgan fingerprint density at radius 1 is 1.30 bits per heavy atom. The Balaban J connectivity index is 2.62. The van der Waals surface area contributed by atoms with Crippen molar-refractivity contribution in [1.82, 2.24) is 0 Å². The molecule has 0 aromatic rings. The van der Waals surface area contributed by atoms with Crippen LogP contribution in [-0.4, -0.2) is 48.3 Å². The first-order valence-corrected chi connectivity index (χ1v) is 8.15. The number of aliphatic hydroxyl groups is 1. The van der Waals surface area contributed by atoms with Gasteiger partial charge in [0.25, 0.3) is 0 Å². The highest BCUT2D eigenvalue weighted by Crippen LogP contribution is 2.34. The molecule has 1 heterocycles. The maximum Gasteiger partial charge on any atom is 0.698 e. The molecule has 1 aliphatic heterocycles. The zero-order valence-corrected chi connectivity index (χ0v) is 13.7. The molecule has 1 aliphatic rings. The zero-order valence-electron chi connectivity index (χ0n) is 12.8. The number of ether oxygens (including phenoxy) is 2. The number of hydrogen-bond donors (Lipinski definition) is 1. The first kappa shape index (κ1) is 18.0. The van der Waals surface area contributed by atoms with Crippen molar-refractivity contribution in [3.05, 3.63) is 0 Å². The summed E-state index contributed by atoms with van der Waals surface area (Å²) >= 11 is 0. The predicted molar refractivity (Wildman–Crippen MR) is 74.7 cm³/mol. The molecule has 20 heavy (non-hydrogen) atoms. The van der Waals surface area contributed by atoms with Crippen LogP contribution in [0.3, 0.4) is 0 Å². The van der Waals surface area contributed by atoms with Crippen LogP contribution in [0.2, 0.25) is 0 Å². The van der Waals surface area contributed by atoms with E-state index in [0.717, 1.165) is 0 Å². The maximum atomic E-state index is 11.7. The van der Waals surface area contributed by atoms with Crippen LogP contribution in [0.25, 0.3) is 0 Å². The van der Waals surface area contributed by atoms with Gasteiger partial charge in [0.1, 0.15) is 12.2 Å². The fraction of sp³-hybridized carbons (Fsp3) is 1.00. The lowest BCUT2D eigenvalue weighted by molar-refractivity contribution is -0.177. The Bertz CT molecular complexity index is 309. The zero-order chi connectivity index (χ0) is 15.3. The van der Waals surface area contributed by atoms with E-state index in [2.05, 4.69) is 0 Å². The summed E-state index contributed by atoms with van der Waals surface area (Å²) in [6.07, 6.45) is -1.70. The van der Waals surface area contributed by atoms with Crippen LogP contribution in [-0.2, 0) is 23.1 Å². The molecule has 0 aliphatic carbocycles. The van der Waals surface area contributed by atoms with E-state index in [1.54, 1.807) is 13.8 Å². The van der Waals surface area contributed by atoms with Gasteiger partial charge in [-0.3, -0.25) is 0 Å². The van der Waals surface area contributed by atoms with E-state index in [4.69, 9.17) is 18.5 Å². The largest absolute Gasteiger partial charge is 0.698 e. The first-order chi connectivity index (χ1) is 9.29. The Morgan fingerprint density at radius 2 is 1.95 bits per heavy atom. The third kappa shape index (κ3) is 6.12. The van der Waals surface area contributed by atoms with E-state index in [9.17, 15) is 9.67 Å². The number of aliphatic hydroxyl groups excluding tert-OH is 1. The lowest BCUT2D eigenvalue weighted by Crippen LogP contribution is -2.50. The van der Waals surface area contributed by atoms with Crippen molar-refractivity contribution >= 4 is 8.25 Å². The molecule has 1 fully saturated rings. The van der Waals surface area contributed by atoms with Gasteiger partial charge in [-0.15, -0.1) is 9.05 Å². The SMILES string of the molecule is CC(C)OCC1OC(C)CC(O)C1O[P+](=O)OC(C)C. The maximum absolute atomic E-state index is 11.7. The van der Waals surface area contributed by atoms with E-state index in [1.165, 1.54) is 0 Å². The van der Waals surface area contributed by atoms with Gasteiger partial charge in [-0.2, -0.15) is 0 Å². The molecular weight excluding hydrogens is 283 g/mol. The molecule has 1 saturated heterocycles. The number of rotatable bonds is 7. The minimum Gasteiger partial charge on any atom is -0.390 e. The van der Waals surface area contributed by atoms with Crippen LogP contribution >= 0.6 is 8.25 Å². The number of hydrogen-bond acceptors (Lipinski definition) is 6.